The lowest BCUT2D eigenvalue weighted by Crippen LogP contribution is -2.13. The molecule has 0 atom stereocenters. The summed E-state index contributed by atoms with van der Waals surface area (Å²) < 4.78 is 6.95. The van der Waals surface area contributed by atoms with E-state index in [-0.39, 0.29) is 12.4 Å². The molecule has 0 saturated carbocycles. The van der Waals surface area contributed by atoms with Crippen molar-refractivity contribution in [3.05, 3.63) is 69.7 Å². The Labute approximate surface area is 168 Å². The molecule has 0 aliphatic heterocycles. The van der Waals surface area contributed by atoms with Crippen LogP contribution in [-0.4, -0.2) is 23.6 Å². The molecule has 6 heteroatoms. The van der Waals surface area contributed by atoms with Crippen LogP contribution in [0.4, 0.5) is 0 Å². The molecule has 0 aliphatic carbocycles. The summed E-state index contributed by atoms with van der Waals surface area (Å²) in [6.07, 6.45) is 1.58. The zero-order valence-corrected chi connectivity index (χ0v) is 16.9. The molecule has 2 aromatic heterocycles. The summed E-state index contributed by atoms with van der Waals surface area (Å²) in [5.41, 5.74) is 9.82. The van der Waals surface area contributed by atoms with E-state index in [4.69, 9.17) is 10.5 Å². The average Bonchev–Trinajstić information content (AvgIpc) is 3.31. The second kappa shape index (κ2) is 8.89. The smallest absolute Gasteiger partial charge is 0.305 e. The van der Waals surface area contributed by atoms with Crippen LogP contribution in [-0.2, 0) is 28.9 Å². The summed E-state index contributed by atoms with van der Waals surface area (Å²) in [6, 6.07) is 13.9. The van der Waals surface area contributed by atoms with Crippen LogP contribution < -0.4 is 5.73 Å². The molecule has 0 saturated heterocycles. The molecule has 28 heavy (non-hydrogen) atoms. The minimum Gasteiger partial charge on any atom is -0.469 e. The maximum absolute atomic E-state index is 12.3. The summed E-state index contributed by atoms with van der Waals surface area (Å²) in [5, 5.41) is 2.06. The number of aryl methyl sites for hydroxylation is 1. The number of carbonyl (C=O) groups is 2. The monoisotopic (exact) mass is 396 g/mol. The van der Waals surface area contributed by atoms with E-state index in [9.17, 15) is 9.59 Å². The Kier molecular flexibility index (Phi) is 6.31. The van der Waals surface area contributed by atoms with Crippen LogP contribution in [0.1, 0.15) is 33.0 Å². The number of nitrogens with two attached hydrogens (primary N) is 1. The Morgan fingerprint density at radius 2 is 1.86 bits per heavy atom. The van der Waals surface area contributed by atoms with Gasteiger partial charge in [0.2, 0.25) is 0 Å². The van der Waals surface area contributed by atoms with Crippen molar-refractivity contribution in [3.8, 4) is 11.1 Å². The minimum atomic E-state index is -0.453. The van der Waals surface area contributed by atoms with Gasteiger partial charge in [0.1, 0.15) is 0 Å². The number of ether oxygens (including phenoxy) is 1. The number of thiophene rings is 1. The molecule has 0 aliphatic rings. The number of rotatable bonds is 8. The minimum absolute atomic E-state index is 0.247. The first-order chi connectivity index (χ1) is 13.5. The van der Waals surface area contributed by atoms with Crippen molar-refractivity contribution >= 4 is 23.2 Å². The van der Waals surface area contributed by atoms with Gasteiger partial charge in [-0.15, -0.1) is 11.3 Å². The SMILES string of the molecule is COC(=O)CCc1c(-c2ccccc2)c(C(N)=O)c(C)n1CCc1cccs1. The molecule has 3 aromatic rings. The molecular formula is C22H24N2O3S. The van der Waals surface area contributed by atoms with Gasteiger partial charge in [-0.05, 0) is 36.8 Å². The third-order valence-electron chi connectivity index (χ3n) is 4.90. The lowest BCUT2D eigenvalue weighted by Gasteiger charge is -2.13. The lowest BCUT2D eigenvalue weighted by atomic mass is 9.98. The number of amides is 1. The Morgan fingerprint density at radius 1 is 1.11 bits per heavy atom. The van der Waals surface area contributed by atoms with Crippen molar-refractivity contribution in [2.75, 3.05) is 7.11 Å². The van der Waals surface area contributed by atoms with Crippen LogP contribution >= 0.6 is 11.3 Å². The zero-order valence-electron chi connectivity index (χ0n) is 16.1. The maximum Gasteiger partial charge on any atom is 0.305 e. The van der Waals surface area contributed by atoms with E-state index in [2.05, 4.69) is 16.0 Å². The third-order valence-corrected chi connectivity index (χ3v) is 5.83. The highest BCUT2D eigenvalue weighted by Crippen LogP contribution is 2.34. The predicted octanol–water partition coefficient (Wildman–Crippen LogP) is 3.97. The van der Waals surface area contributed by atoms with Gasteiger partial charge in [0.25, 0.3) is 5.91 Å². The van der Waals surface area contributed by atoms with Crippen LogP contribution in [0.25, 0.3) is 11.1 Å². The van der Waals surface area contributed by atoms with Crippen LogP contribution in [0.15, 0.2) is 47.8 Å². The lowest BCUT2D eigenvalue weighted by molar-refractivity contribution is -0.140. The van der Waals surface area contributed by atoms with Gasteiger partial charge >= 0.3 is 5.97 Å². The molecule has 2 heterocycles. The molecular weight excluding hydrogens is 372 g/mol. The van der Waals surface area contributed by atoms with Crippen molar-refractivity contribution in [1.29, 1.82) is 0 Å². The zero-order chi connectivity index (χ0) is 20.1. The number of primary amides is 1. The second-order valence-electron chi connectivity index (χ2n) is 6.57. The van der Waals surface area contributed by atoms with Gasteiger partial charge in [-0.2, -0.15) is 0 Å². The summed E-state index contributed by atoms with van der Waals surface area (Å²) >= 11 is 1.71. The van der Waals surface area contributed by atoms with Crippen molar-refractivity contribution in [3.63, 3.8) is 0 Å². The van der Waals surface area contributed by atoms with Crippen LogP contribution in [0.5, 0.6) is 0 Å². The summed E-state index contributed by atoms with van der Waals surface area (Å²) in [4.78, 5) is 25.4. The van der Waals surface area contributed by atoms with E-state index in [1.807, 2.05) is 43.3 Å². The number of esters is 1. The van der Waals surface area contributed by atoms with Crippen LogP contribution in [0.3, 0.4) is 0 Å². The van der Waals surface area contributed by atoms with E-state index in [1.165, 1.54) is 12.0 Å². The number of hydrogen-bond acceptors (Lipinski definition) is 4. The van der Waals surface area contributed by atoms with E-state index in [1.54, 1.807) is 11.3 Å². The third kappa shape index (κ3) is 4.17. The fourth-order valence-electron chi connectivity index (χ4n) is 3.58. The molecule has 0 spiro atoms. The highest BCUT2D eigenvalue weighted by molar-refractivity contribution is 7.09. The number of hydrogen-bond donors (Lipinski definition) is 1. The topological polar surface area (TPSA) is 74.3 Å². The first kappa shape index (κ1) is 19.9. The second-order valence-corrected chi connectivity index (χ2v) is 7.60. The molecule has 5 nitrogen and oxygen atoms in total. The van der Waals surface area contributed by atoms with Gasteiger partial charge < -0.3 is 15.0 Å². The first-order valence-corrected chi connectivity index (χ1v) is 10.1. The Bertz CT molecular complexity index is 960. The Hall–Kier alpha value is -2.86. The quantitative estimate of drug-likeness (QED) is 0.586. The molecule has 0 radical (unpaired) electrons. The van der Waals surface area contributed by atoms with Gasteiger partial charge in [-0.3, -0.25) is 9.59 Å². The number of carbonyl (C=O) groups excluding carboxylic acids is 2. The highest BCUT2D eigenvalue weighted by Gasteiger charge is 2.25. The fourth-order valence-corrected chi connectivity index (χ4v) is 4.27. The van der Waals surface area contributed by atoms with Crippen molar-refractivity contribution in [2.24, 2.45) is 5.73 Å². The fraction of sp³-hybridized carbons (Fsp3) is 0.273. The van der Waals surface area contributed by atoms with Gasteiger partial charge in [-0.25, -0.2) is 0 Å². The molecule has 0 fully saturated rings. The van der Waals surface area contributed by atoms with Crippen LogP contribution in [0, 0.1) is 6.92 Å². The molecule has 146 valence electrons. The van der Waals surface area contributed by atoms with Gasteiger partial charge in [0, 0.05) is 28.4 Å². The number of benzene rings is 1. The van der Waals surface area contributed by atoms with E-state index in [0.717, 1.165) is 35.5 Å². The van der Waals surface area contributed by atoms with Crippen molar-refractivity contribution in [1.82, 2.24) is 4.57 Å². The maximum atomic E-state index is 12.3. The van der Waals surface area contributed by atoms with Crippen LogP contribution in [0.2, 0.25) is 0 Å². The van der Waals surface area contributed by atoms with Gasteiger partial charge in [0.05, 0.1) is 19.1 Å². The largest absolute Gasteiger partial charge is 0.469 e. The summed E-state index contributed by atoms with van der Waals surface area (Å²) in [6.45, 7) is 2.64. The first-order valence-electron chi connectivity index (χ1n) is 9.19. The average molecular weight is 397 g/mol. The van der Waals surface area contributed by atoms with Crippen molar-refractivity contribution in [2.45, 2.75) is 32.7 Å². The van der Waals surface area contributed by atoms with E-state index < -0.39 is 5.91 Å². The normalized spacial score (nSPS) is 10.8. The summed E-state index contributed by atoms with van der Waals surface area (Å²) in [7, 11) is 1.39. The van der Waals surface area contributed by atoms with Gasteiger partial charge in [-0.1, -0.05) is 36.4 Å². The molecule has 0 unspecified atom stereocenters. The van der Waals surface area contributed by atoms with Crippen molar-refractivity contribution < 1.29 is 14.3 Å². The highest BCUT2D eigenvalue weighted by atomic mass is 32.1. The van der Waals surface area contributed by atoms with Gasteiger partial charge in [0.15, 0.2) is 0 Å². The predicted molar refractivity (Wildman–Crippen MR) is 111 cm³/mol. The standard InChI is InChI=1S/C22H24N2O3S/c1-15-20(22(23)26)21(16-7-4-3-5-8-16)18(10-11-19(25)27-2)24(15)13-12-17-9-6-14-28-17/h3-9,14H,10-13H2,1-2H3,(H2,23,26). The molecule has 3 rings (SSSR count). The van der Waals surface area contributed by atoms with E-state index in [0.29, 0.717) is 12.0 Å². The molecule has 2 N–H and O–H groups in total. The molecule has 0 bridgehead atoms. The molecule has 1 aromatic carbocycles. The number of methoxy groups -OCH3 is 1. The molecule has 1 amide bonds. The Morgan fingerprint density at radius 3 is 2.46 bits per heavy atom. The van der Waals surface area contributed by atoms with E-state index >= 15 is 0 Å². The number of aromatic nitrogens is 1. The number of nitrogens with zero attached hydrogens (tertiary/aromatic N) is 1. The summed E-state index contributed by atoms with van der Waals surface area (Å²) in [5.74, 6) is -0.728. The Balaban J connectivity index is 2.10.